The van der Waals surface area contributed by atoms with Crippen molar-refractivity contribution in [1.29, 1.82) is 0 Å². The highest BCUT2D eigenvalue weighted by Crippen LogP contribution is 2.29. The van der Waals surface area contributed by atoms with Gasteiger partial charge in [-0.2, -0.15) is 0 Å². The van der Waals surface area contributed by atoms with Crippen molar-refractivity contribution in [3.05, 3.63) is 27.7 Å². The van der Waals surface area contributed by atoms with E-state index < -0.39 is 6.10 Å². The molecule has 7 nitrogen and oxygen atoms in total. The van der Waals surface area contributed by atoms with Crippen LogP contribution in [0.2, 0.25) is 5.02 Å². The van der Waals surface area contributed by atoms with Crippen LogP contribution in [-0.2, 0) is 19.1 Å². The maximum atomic E-state index is 12.6. The lowest BCUT2D eigenvalue weighted by Gasteiger charge is -2.33. The molecule has 1 saturated heterocycles. The monoisotopic (exact) mass is 488 g/mol. The maximum absolute atomic E-state index is 12.6. The van der Waals surface area contributed by atoms with Gasteiger partial charge in [0.05, 0.1) is 23.5 Å². The van der Waals surface area contributed by atoms with Crippen molar-refractivity contribution in [2.75, 3.05) is 33.3 Å². The minimum atomic E-state index is -0.779. The summed E-state index contributed by atoms with van der Waals surface area (Å²) in [7, 11) is 1.56. The van der Waals surface area contributed by atoms with Gasteiger partial charge in [0.1, 0.15) is 5.75 Å². The van der Waals surface area contributed by atoms with E-state index in [-0.39, 0.29) is 30.2 Å². The van der Waals surface area contributed by atoms with E-state index in [1.165, 1.54) is 4.90 Å². The number of carbonyl (C=O) groups is 3. The van der Waals surface area contributed by atoms with E-state index in [0.29, 0.717) is 41.4 Å². The standard InChI is InChI=1S/C20H26BrClN2O5/c1-4-28-20(27)14-6-5-9-24(11-14)18(25)12-23(3)19(26)13(2)29-17-8-7-15(22)10-16(17)21/h7-8,10,13-14H,4-6,9,11-12H2,1-3H3. The van der Waals surface area contributed by atoms with Crippen molar-refractivity contribution >= 4 is 45.3 Å². The Balaban J connectivity index is 1.90. The van der Waals surface area contributed by atoms with Crippen LogP contribution in [0.25, 0.3) is 0 Å². The smallest absolute Gasteiger partial charge is 0.310 e. The predicted molar refractivity (Wildman–Crippen MR) is 113 cm³/mol. The lowest BCUT2D eigenvalue weighted by molar-refractivity contribution is -0.152. The predicted octanol–water partition coefficient (Wildman–Crippen LogP) is 3.13. The molecule has 0 aromatic heterocycles. The molecule has 1 aromatic rings. The number of nitrogens with zero attached hydrogens (tertiary/aromatic N) is 2. The van der Waals surface area contributed by atoms with Crippen molar-refractivity contribution in [2.45, 2.75) is 32.8 Å². The minimum absolute atomic E-state index is 0.0795. The lowest BCUT2D eigenvalue weighted by Crippen LogP contribution is -2.48. The Hall–Kier alpha value is -1.80. The number of ether oxygens (including phenoxy) is 2. The first-order chi connectivity index (χ1) is 13.7. The molecule has 160 valence electrons. The van der Waals surface area contributed by atoms with Gasteiger partial charge < -0.3 is 19.3 Å². The molecule has 1 aromatic carbocycles. The van der Waals surface area contributed by atoms with Crippen molar-refractivity contribution in [3.8, 4) is 5.75 Å². The molecule has 2 unspecified atom stereocenters. The first-order valence-corrected chi connectivity index (χ1v) is 10.7. The summed E-state index contributed by atoms with van der Waals surface area (Å²) >= 11 is 9.26. The number of amides is 2. The SMILES string of the molecule is CCOC(=O)C1CCCN(C(=O)CN(C)C(=O)C(C)Oc2ccc(Cl)cc2Br)C1. The summed E-state index contributed by atoms with van der Waals surface area (Å²) in [5, 5.41) is 0.550. The number of piperidine rings is 1. The second-order valence-electron chi connectivity index (χ2n) is 6.96. The largest absolute Gasteiger partial charge is 0.480 e. The van der Waals surface area contributed by atoms with E-state index >= 15 is 0 Å². The molecule has 9 heteroatoms. The minimum Gasteiger partial charge on any atom is -0.480 e. The molecule has 2 amide bonds. The molecule has 1 fully saturated rings. The zero-order valence-corrected chi connectivity index (χ0v) is 19.2. The van der Waals surface area contributed by atoms with E-state index in [2.05, 4.69) is 15.9 Å². The molecule has 0 saturated carbocycles. The average molecular weight is 490 g/mol. The summed E-state index contributed by atoms with van der Waals surface area (Å²) < 4.78 is 11.4. The van der Waals surface area contributed by atoms with Crippen LogP contribution in [-0.4, -0.2) is 67.0 Å². The Kier molecular flexibility index (Phi) is 8.77. The third kappa shape index (κ3) is 6.60. The van der Waals surface area contributed by atoms with Crippen molar-refractivity contribution in [3.63, 3.8) is 0 Å². The fourth-order valence-corrected chi connectivity index (χ4v) is 3.94. The molecule has 0 N–H and O–H groups in total. The number of halogens is 2. The van der Waals surface area contributed by atoms with Crippen LogP contribution in [0, 0.1) is 5.92 Å². The quantitative estimate of drug-likeness (QED) is 0.550. The molecule has 1 aliphatic rings. The summed E-state index contributed by atoms with van der Waals surface area (Å²) in [6.07, 6.45) is 0.661. The zero-order chi connectivity index (χ0) is 21.6. The van der Waals surface area contributed by atoms with Crippen LogP contribution in [0.3, 0.4) is 0 Å². The summed E-state index contributed by atoms with van der Waals surface area (Å²) in [5.74, 6) is -0.611. The molecular weight excluding hydrogens is 464 g/mol. The maximum Gasteiger partial charge on any atom is 0.310 e. The molecule has 0 spiro atoms. The van der Waals surface area contributed by atoms with Crippen LogP contribution in [0.4, 0.5) is 0 Å². The van der Waals surface area contributed by atoms with E-state index in [1.807, 2.05) is 0 Å². The molecule has 29 heavy (non-hydrogen) atoms. The normalized spacial score (nSPS) is 17.4. The Morgan fingerprint density at radius 1 is 1.38 bits per heavy atom. The molecule has 1 aliphatic heterocycles. The first-order valence-electron chi connectivity index (χ1n) is 9.54. The highest BCUT2D eigenvalue weighted by Gasteiger charge is 2.30. The molecule has 1 heterocycles. The number of esters is 1. The lowest BCUT2D eigenvalue weighted by atomic mass is 9.98. The van der Waals surface area contributed by atoms with E-state index in [0.717, 1.165) is 6.42 Å². The van der Waals surface area contributed by atoms with Crippen molar-refractivity contribution in [2.24, 2.45) is 5.92 Å². The van der Waals surface area contributed by atoms with Gasteiger partial charge >= 0.3 is 5.97 Å². The van der Waals surface area contributed by atoms with Gasteiger partial charge in [0.2, 0.25) is 5.91 Å². The first kappa shape index (κ1) is 23.5. The van der Waals surface area contributed by atoms with Gasteiger partial charge in [0.15, 0.2) is 6.10 Å². The highest BCUT2D eigenvalue weighted by molar-refractivity contribution is 9.10. The van der Waals surface area contributed by atoms with Crippen molar-refractivity contribution < 1.29 is 23.9 Å². The van der Waals surface area contributed by atoms with Gasteiger partial charge in [-0.3, -0.25) is 14.4 Å². The molecular formula is C20H26BrClN2O5. The number of rotatable bonds is 7. The van der Waals surface area contributed by atoms with Crippen LogP contribution in [0.15, 0.2) is 22.7 Å². The number of carbonyl (C=O) groups excluding carboxylic acids is 3. The van der Waals surface area contributed by atoms with E-state index in [4.69, 9.17) is 21.1 Å². The number of hydrogen-bond donors (Lipinski definition) is 0. The number of hydrogen-bond acceptors (Lipinski definition) is 5. The molecule has 0 bridgehead atoms. The third-order valence-corrected chi connectivity index (χ3v) is 5.54. The fourth-order valence-electron chi connectivity index (χ4n) is 3.16. The number of benzene rings is 1. The molecule has 2 atom stereocenters. The second-order valence-corrected chi connectivity index (χ2v) is 8.25. The Morgan fingerprint density at radius 3 is 2.76 bits per heavy atom. The second kappa shape index (κ2) is 10.8. The van der Waals surface area contributed by atoms with Crippen LogP contribution >= 0.6 is 27.5 Å². The molecule has 0 radical (unpaired) electrons. The average Bonchev–Trinajstić information content (AvgIpc) is 2.69. The highest BCUT2D eigenvalue weighted by atomic mass is 79.9. The molecule has 2 rings (SSSR count). The van der Waals surface area contributed by atoms with E-state index in [9.17, 15) is 14.4 Å². The van der Waals surface area contributed by atoms with Crippen molar-refractivity contribution in [1.82, 2.24) is 9.80 Å². The summed E-state index contributed by atoms with van der Waals surface area (Å²) in [6.45, 7) is 4.52. The van der Waals surface area contributed by atoms with Gasteiger partial charge in [0.25, 0.3) is 5.91 Å². The number of likely N-dealkylation sites (tertiary alicyclic amines) is 1. The summed E-state index contributed by atoms with van der Waals surface area (Å²) in [4.78, 5) is 40.2. The van der Waals surface area contributed by atoms with Crippen LogP contribution in [0.1, 0.15) is 26.7 Å². The fraction of sp³-hybridized carbons (Fsp3) is 0.550. The summed E-state index contributed by atoms with van der Waals surface area (Å²) in [5.41, 5.74) is 0. The van der Waals surface area contributed by atoms with Gasteiger partial charge in [0, 0.05) is 25.2 Å². The van der Waals surface area contributed by atoms with Gasteiger partial charge in [-0.05, 0) is 60.8 Å². The van der Waals surface area contributed by atoms with Crippen LogP contribution in [0.5, 0.6) is 5.75 Å². The van der Waals surface area contributed by atoms with Gasteiger partial charge in [-0.15, -0.1) is 0 Å². The van der Waals surface area contributed by atoms with Crippen LogP contribution < -0.4 is 4.74 Å². The third-order valence-electron chi connectivity index (χ3n) is 4.69. The van der Waals surface area contributed by atoms with E-state index in [1.54, 1.807) is 44.0 Å². The molecule has 0 aliphatic carbocycles. The summed E-state index contributed by atoms with van der Waals surface area (Å²) in [6, 6.07) is 5.02. The number of likely N-dealkylation sites (N-methyl/N-ethyl adjacent to an activating group) is 1. The topological polar surface area (TPSA) is 76.2 Å². The Bertz CT molecular complexity index is 760. The Morgan fingerprint density at radius 2 is 2.10 bits per heavy atom. The van der Waals surface area contributed by atoms with Gasteiger partial charge in [-0.1, -0.05) is 11.6 Å². The van der Waals surface area contributed by atoms with Gasteiger partial charge in [-0.25, -0.2) is 0 Å². The zero-order valence-electron chi connectivity index (χ0n) is 16.8. The Labute approximate surface area is 184 Å².